The molecule has 0 spiro atoms. The van der Waals surface area contributed by atoms with Crippen LogP contribution in [-0.4, -0.2) is 15.6 Å². The minimum absolute atomic E-state index is 0.0641. The first-order valence-electron chi connectivity index (χ1n) is 9.53. The predicted molar refractivity (Wildman–Crippen MR) is 110 cm³/mol. The molecule has 0 aliphatic carbocycles. The topological polar surface area (TPSA) is 68.0 Å². The fourth-order valence-corrected chi connectivity index (χ4v) is 3.94. The van der Waals surface area contributed by atoms with Crippen molar-refractivity contribution >= 4 is 11.4 Å². The number of ether oxygens (including phenoxy) is 1. The van der Waals surface area contributed by atoms with Gasteiger partial charge in [-0.1, -0.05) is 60.2 Å². The van der Waals surface area contributed by atoms with Crippen LogP contribution in [0.4, 0.5) is 5.69 Å². The molecule has 2 heterocycles. The molecule has 6 nitrogen and oxygen atoms in total. The summed E-state index contributed by atoms with van der Waals surface area (Å²) in [4.78, 5) is 10.9. The summed E-state index contributed by atoms with van der Waals surface area (Å²) in [5, 5.41) is 18.1. The highest BCUT2D eigenvalue weighted by Crippen LogP contribution is 2.48. The van der Waals surface area contributed by atoms with Gasteiger partial charge in [-0.15, -0.1) is 0 Å². The van der Waals surface area contributed by atoms with Gasteiger partial charge in [-0.2, -0.15) is 5.10 Å². The fourth-order valence-electron chi connectivity index (χ4n) is 3.94. The summed E-state index contributed by atoms with van der Waals surface area (Å²) < 4.78 is 6.29. The summed E-state index contributed by atoms with van der Waals surface area (Å²) in [7, 11) is 0. The maximum absolute atomic E-state index is 11.3. The fraction of sp³-hybridized carbons (Fsp3) is 0.174. The Hall–Kier alpha value is -3.67. The highest BCUT2D eigenvalue weighted by atomic mass is 16.6. The van der Waals surface area contributed by atoms with Crippen molar-refractivity contribution in [2.45, 2.75) is 25.6 Å². The van der Waals surface area contributed by atoms with Gasteiger partial charge in [0.15, 0.2) is 0 Å². The third kappa shape index (κ3) is 3.02. The van der Waals surface area contributed by atoms with Crippen molar-refractivity contribution in [1.82, 2.24) is 5.01 Å². The second-order valence-corrected chi connectivity index (χ2v) is 7.37. The lowest BCUT2D eigenvalue weighted by atomic mass is 9.95. The zero-order valence-electron chi connectivity index (χ0n) is 15.9. The third-order valence-electron chi connectivity index (χ3n) is 5.45. The SMILES string of the molecule is Cc1ccc(C2Oc3ccc([N+](=O)[O-])cc3C3CC(c4ccccc4)=NN32)cc1. The van der Waals surface area contributed by atoms with E-state index in [1.807, 2.05) is 54.4 Å². The quantitative estimate of drug-likeness (QED) is 0.462. The van der Waals surface area contributed by atoms with E-state index in [4.69, 9.17) is 9.84 Å². The summed E-state index contributed by atoms with van der Waals surface area (Å²) in [6.45, 7) is 2.05. The molecule has 144 valence electrons. The van der Waals surface area contributed by atoms with Crippen LogP contribution in [0.3, 0.4) is 0 Å². The molecule has 2 unspecified atom stereocenters. The molecule has 6 heteroatoms. The number of hydrogen-bond acceptors (Lipinski definition) is 5. The zero-order chi connectivity index (χ0) is 20.0. The maximum atomic E-state index is 11.3. The average Bonchev–Trinajstić information content (AvgIpc) is 3.20. The van der Waals surface area contributed by atoms with Gasteiger partial charge in [0.1, 0.15) is 5.75 Å². The van der Waals surface area contributed by atoms with Crippen LogP contribution in [0.5, 0.6) is 5.75 Å². The molecule has 3 aromatic rings. The van der Waals surface area contributed by atoms with Gasteiger partial charge in [0.25, 0.3) is 5.69 Å². The number of rotatable bonds is 3. The van der Waals surface area contributed by atoms with Crippen LogP contribution in [0.15, 0.2) is 77.9 Å². The Bertz CT molecular complexity index is 1110. The van der Waals surface area contributed by atoms with E-state index < -0.39 is 0 Å². The lowest BCUT2D eigenvalue weighted by Gasteiger charge is -2.38. The monoisotopic (exact) mass is 385 g/mol. The molecular formula is C23H19N3O3. The van der Waals surface area contributed by atoms with Crippen molar-refractivity contribution < 1.29 is 9.66 Å². The number of nitro benzene ring substituents is 1. The molecular weight excluding hydrogens is 366 g/mol. The molecule has 0 bridgehead atoms. The minimum atomic E-state index is -0.379. The Morgan fingerprint density at radius 3 is 2.55 bits per heavy atom. The van der Waals surface area contributed by atoms with Gasteiger partial charge in [-0.3, -0.25) is 10.1 Å². The normalized spacial score (nSPS) is 19.8. The van der Waals surface area contributed by atoms with Gasteiger partial charge in [-0.05, 0) is 18.6 Å². The van der Waals surface area contributed by atoms with Gasteiger partial charge in [-0.25, -0.2) is 5.01 Å². The van der Waals surface area contributed by atoms with E-state index in [2.05, 4.69) is 12.1 Å². The van der Waals surface area contributed by atoms with E-state index in [9.17, 15) is 10.1 Å². The first-order chi connectivity index (χ1) is 14.1. The minimum Gasteiger partial charge on any atom is -0.464 e. The van der Waals surface area contributed by atoms with Crippen LogP contribution in [-0.2, 0) is 0 Å². The Balaban J connectivity index is 1.61. The lowest BCUT2D eigenvalue weighted by molar-refractivity contribution is -0.385. The number of fused-ring (bicyclic) bond motifs is 3. The summed E-state index contributed by atoms with van der Waals surface area (Å²) in [5.74, 6) is 0.673. The number of non-ortho nitro benzene ring substituents is 1. The van der Waals surface area contributed by atoms with Crippen molar-refractivity contribution in [3.63, 3.8) is 0 Å². The summed E-state index contributed by atoms with van der Waals surface area (Å²) in [6.07, 6.45) is 0.292. The van der Waals surface area contributed by atoms with Crippen molar-refractivity contribution in [2.24, 2.45) is 5.10 Å². The molecule has 0 aromatic heterocycles. The Kier molecular flexibility index (Phi) is 4.05. The molecule has 5 rings (SSSR count). The molecule has 0 fully saturated rings. The van der Waals surface area contributed by atoms with Crippen LogP contribution >= 0.6 is 0 Å². The number of aryl methyl sites for hydroxylation is 1. The molecule has 0 radical (unpaired) electrons. The molecule has 0 N–H and O–H groups in total. The second-order valence-electron chi connectivity index (χ2n) is 7.37. The smallest absolute Gasteiger partial charge is 0.270 e. The number of hydrazone groups is 1. The third-order valence-corrected chi connectivity index (χ3v) is 5.45. The first-order valence-corrected chi connectivity index (χ1v) is 9.53. The van der Waals surface area contributed by atoms with E-state index in [-0.39, 0.29) is 22.9 Å². The molecule has 2 aliphatic heterocycles. The number of nitrogens with zero attached hydrogens (tertiary/aromatic N) is 3. The maximum Gasteiger partial charge on any atom is 0.270 e. The molecule has 2 atom stereocenters. The molecule has 3 aromatic carbocycles. The summed E-state index contributed by atoms with van der Waals surface area (Å²) in [6, 6.07) is 22.9. The molecule has 29 heavy (non-hydrogen) atoms. The molecule has 0 saturated heterocycles. The van der Waals surface area contributed by atoms with Crippen LogP contribution in [0.25, 0.3) is 0 Å². The van der Waals surface area contributed by atoms with E-state index in [0.717, 1.165) is 22.4 Å². The Morgan fingerprint density at radius 1 is 1.07 bits per heavy atom. The average molecular weight is 385 g/mol. The lowest BCUT2D eigenvalue weighted by Crippen LogP contribution is -2.33. The van der Waals surface area contributed by atoms with Gasteiger partial charge in [0.05, 0.1) is 16.7 Å². The molecule has 2 aliphatic rings. The van der Waals surface area contributed by atoms with E-state index >= 15 is 0 Å². The van der Waals surface area contributed by atoms with Gasteiger partial charge in [0, 0.05) is 29.7 Å². The molecule has 0 amide bonds. The van der Waals surface area contributed by atoms with E-state index in [0.29, 0.717) is 12.2 Å². The van der Waals surface area contributed by atoms with Gasteiger partial charge >= 0.3 is 0 Å². The van der Waals surface area contributed by atoms with Crippen LogP contribution in [0, 0.1) is 17.0 Å². The van der Waals surface area contributed by atoms with Crippen molar-refractivity contribution in [3.05, 3.63) is 105 Å². The highest BCUT2D eigenvalue weighted by molar-refractivity contribution is 6.01. The number of benzene rings is 3. The Labute approximate surface area is 168 Å². The largest absolute Gasteiger partial charge is 0.464 e. The van der Waals surface area contributed by atoms with Gasteiger partial charge in [0.2, 0.25) is 6.23 Å². The first kappa shape index (κ1) is 17.4. The Morgan fingerprint density at radius 2 is 1.83 bits per heavy atom. The van der Waals surface area contributed by atoms with Gasteiger partial charge < -0.3 is 4.74 Å². The highest BCUT2D eigenvalue weighted by Gasteiger charge is 2.41. The number of nitro groups is 1. The second kappa shape index (κ2) is 6.74. The van der Waals surface area contributed by atoms with E-state index in [1.54, 1.807) is 12.1 Å². The van der Waals surface area contributed by atoms with Crippen LogP contribution in [0.2, 0.25) is 0 Å². The summed E-state index contributed by atoms with van der Waals surface area (Å²) in [5.41, 5.74) is 5.05. The molecule has 0 saturated carbocycles. The van der Waals surface area contributed by atoms with Crippen LogP contribution in [0.1, 0.15) is 40.9 Å². The van der Waals surface area contributed by atoms with Crippen molar-refractivity contribution in [2.75, 3.05) is 0 Å². The summed E-state index contributed by atoms with van der Waals surface area (Å²) >= 11 is 0. The number of hydrogen-bond donors (Lipinski definition) is 0. The zero-order valence-corrected chi connectivity index (χ0v) is 15.9. The van der Waals surface area contributed by atoms with Crippen molar-refractivity contribution in [1.29, 1.82) is 0 Å². The standard InChI is InChI=1S/C23H19N3O3/c1-15-7-9-17(10-8-15)23-25-21(14-20(24-25)16-5-3-2-4-6-16)19-13-18(26(27)28)11-12-22(19)29-23/h2-13,21,23H,14H2,1H3. The predicted octanol–water partition coefficient (Wildman–Crippen LogP) is 5.15. The van der Waals surface area contributed by atoms with Crippen LogP contribution < -0.4 is 4.74 Å². The van der Waals surface area contributed by atoms with Crippen molar-refractivity contribution in [3.8, 4) is 5.75 Å². The van der Waals surface area contributed by atoms with E-state index in [1.165, 1.54) is 11.6 Å².